The topological polar surface area (TPSA) is 65.1 Å². The van der Waals surface area contributed by atoms with E-state index >= 15 is 0 Å². The number of fused-ring (bicyclic) bond motifs is 1. The molecule has 0 aromatic heterocycles. The molecule has 2 heterocycles. The van der Waals surface area contributed by atoms with Gasteiger partial charge in [-0.15, -0.1) is 0 Å². The highest BCUT2D eigenvalue weighted by Gasteiger charge is 2.25. The maximum atomic E-state index is 12.6. The summed E-state index contributed by atoms with van der Waals surface area (Å²) >= 11 is 0. The first kappa shape index (κ1) is 22.9. The third-order valence-corrected chi connectivity index (χ3v) is 6.51. The van der Waals surface area contributed by atoms with Gasteiger partial charge in [-0.25, -0.2) is 0 Å². The number of hydrogen-bond donors (Lipinski definition) is 1. The molecule has 180 valence electrons. The predicted octanol–water partition coefficient (Wildman–Crippen LogP) is 3.76. The summed E-state index contributed by atoms with van der Waals surface area (Å²) in [7, 11) is 0. The van der Waals surface area contributed by atoms with Crippen LogP contribution in [-0.4, -0.2) is 56.0 Å². The fourth-order valence-electron chi connectivity index (χ4n) is 4.60. The lowest BCUT2D eigenvalue weighted by Gasteiger charge is -2.36. The summed E-state index contributed by atoms with van der Waals surface area (Å²) < 4.78 is 5.46. The molecule has 1 N–H and O–H groups in total. The number of nitrogens with one attached hydrogen (secondary N) is 1. The molecular formula is C28H30N4O3. The highest BCUT2D eigenvalue weighted by atomic mass is 16.5. The van der Waals surface area contributed by atoms with Gasteiger partial charge in [0.25, 0.3) is 5.91 Å². The molecule has 0 aliphatic carbocycles. The third-order valence-electron chi connectivity index (χ3n) is 6.51. The first-order chi connectivity index (χ1) is 17.2. The van der Waals surface area contributed by atoms with Crippen LogP contribution in [0.5, 0.6) is 5.75 Å². The summed E-state index contributed by atoms with van der Waals surface area (Å²) in [5, 5.41) is 2.95. The van der Waals surface area contributed by atoms with Gasteiger partial charge in [0, 0.05) is 57.1 Å². The molecule has 0 bridgehead atoms. The second-order valence-corrected chi connectivity index (χ2v) is 8.90. The lowest BCUT2D eigenvalue weighted by atomic mass is 10.2. The van der Waals surface area contributed by atoms with Crippen LogP contribution in [0, 0.1) is 0 Å². The SMILES string of the molecule is O=C(CCN1C(=O)COc2ccccc21)Nc1ccc(N2CCN(Cc3ccccc3)CC2)cc1. The number of carbonyl (C=O) groups excluding carboxylic acids is 2. The number of para-hydroxylation sites is 2. The molecule has 0 saturated carbocycles. The van der Waals surface area contributed by atoms with Crippen LogP contribution in [0.25, 0.3) is 0 Å². The number of ether oxygens (including phenoxy) is 1. The summed E-state index contributed by atoms with van der Waals surface area (Å²) in [6.07, 6.45) is 0.213. The van der Waals surface area contributed by atoms with Crippen molar-refractivity contribution in [2.45, 2.75) is 13.0 Å². The molecule has 7 nitrogen and oxygen atoms in total. The maximum absolute atomic E-state index is 12.6. The monoisotopic (exact) mass is 470 g/mol. The zero-order valence-electron chi connectivity index (χ0n) is 19.7. The van der Waals surface area contributed by atoms with E-state index in [0.29, 0.717) is 18.0 Å². The molecule has 0 spiro atoms. The standard InChI is InChI=1S/C28H30N4O3/c33-27(14-15-32-25-8-4-5-9-26(25)35-21-28(32)34)29-23-10-12-24(13-11-23)31-18-16-30(17-19-31)20-22-6-2-1-3-7-22/h1-13H,14-21H2,(H,29,33). The van der Waals surface area contributed by atoms with E-state index in [2.05, 4.69) is 57.6 Å². The summed E-state index contributed by atoms with van der Waals surface area (Å²) in [6, 6.07) is 26.0. The number of benzene rings is 3. The van der Waals surface area contributed by atoms with E-state index in [9.17, 15) is 9.59 Å². The van der Waals surface area contributed by atoms with Crippen LogP contribution in [0.3, 0.4) is 0 Å². The van der Waals surface area contributed by atoms with Crippen LogP contribution in [-0.2, 0) is 16.1 Å². The highest BCUT2D eigenvalue weighted by Crippen LogP contribution is 2.31. The highest BCUT2D eigenvalue weighted by molar-refractivity contribution is 5.99. The van der Waals surface area contributed by atoms with Gasteiger partial charge in [-0.2, -0.15) is 0 Å². The first-order valence-electron chi connectivity index (χ1n) is 12.1. The fourth-order valence-corrected chi connectivity index (χ4v) is 4.60. The second-order valence-electron chi connectivity index (χ2n) is 8.90. The number of hydrogen-bond acceptors (Lipinski definition) is 5. The van der Waals surface area contributed by atoms with E-state index in [1.165, 1.54) is 5.56 Å². The number of piperazine rings is 1. The molecule has 7 heteroatoms. The van der Waals surface area contributed by atoms with E-state index in [4.69, 9.17) is 4.74 Å². The number of anilines is 3. The molecule has 2 amide bonds. The molecule has 2 aliphatic heterocycles. The molecule has 2 aliphatic rings. The molecule has 1 saturated heterocycles. The summed E-state index contributed by atoms with van der Waals surface area (Å²) in [4.78, 5) is 31.3. The van der Waals surface area contributed by atoms with E-state index in [1.54, 1.807) is 4.90 Å². The zero-order valence-corrected chi connectivity index (χ0v) is 19.7. The Balaban J connectivity index is 1.10. The van der Waals surface area contributed by atoms with E-state index in [1.807, 2.05) is 36.4 Å². The third kappa shape index (κ3) is 5.63. The molecule has 35 heavy (non-hydrogen) atoms. The Morgan fingerprint density at radius 2 is 1.57 bits per heavy atom. The molecule has 0 unspecified atom stereocenters. The predicted molar refractivity (Wildman–Crippen MR) is 138 cm³/mol. The van der Waals surface area contributed by atoms with Gasteiger partial charge in [-0.3, -0.25) is 14.5 Å². The van der Waals surface area contributed by atoms with Gasteiger partial charge in [0.15, 0.2) is 6.61 Å². The van der Waals surface area contributed by atoms with Crippen LogP contribution < -0.4 is 19.9 Å². The van der Waals surface area contributed by atoms with Crippen LogP contribution in [0.15, 0.2) is 78.9 Å². The minimum Gasteiger partial charge on any atom is -0.482 e. The van der Waals surface area contributed by atoms with Crippen LogP contribution in [0.2, 0.25) is 0 Å². The zero-order chi connectivity index (χ0) is 24.0. The first-order valence-corrected chi connectivity index (χ1v) is 12.1. The number of carbonyl (C=O) groups is 2. The van der Waals surface area contributed by atoms with Gasteiger partial charge >= 0.3 is 0 Å². The second kappa shape index (κ2) is 10.6. The number of amides is 2. The Hall–Kier alpha value is -3.84. The average Bonchev–Trinajstić information content (AvgIpc) is 2.90. The van der Waals surface area contributed by atoms with E-state index < -0.39 is 0 Å². The average molecular weight is 471 g/mol. The van der Waals surface area contributed by atoms with Crippen LogP contribution >= 0.6 is 0 Å². The lowest BCUT2D eigenvalue weighted by Crippen LogP contribution is -2.45. The van der Waals surface area contributed by atoms with Crippen LogP contribution in [0.4, 0.5) is 17.1 Å². The minimum absolute atomic E-state index is 0.000605. The van der Waals surface area contributed by atoms with Crippen molar-refractivity contribution in [1.82, 2.24) is 4.90 Å². The number of nitrogens with zero attached hydrogens (tertiary/aromatic N) is 3. The Morgan fingerprint density at radius 3 is 2.34 bits per heavy atom. The van der Waals surface area contributed by atoms with Gasteiger partial charge in [-0.1, -0.05) is 42.5 Å². The van der Waals surface area contributed by atoms with Crippen molar-refractivity contribution in [2.75, 3.05) is 54.4 Å². The Bertz CT molecular complexity index is 1160. The van der Waals surface area contributed by atoms with Gasteiger partial charge in [0.1, 0.15) is 5.75 Å². The van der Waals surface area contributed by atoms with Crippen molar-refractivity contribution < 1.29 is 14.3 Å². The molecule has 1 fully saturated rings. The molecule has 3 aromatic carbocycles. The van der Waals surface area contributed by atoms with E-state index in [0.717, 1.165) is 44.1 Å². The molecule has 5 rings (SSSR count). The van der Waals surface area contributed by atoms with Gasteiger partial charge < -0.3 is 19.9 Å². The quantitative estimate of drug-likeness (QED) is 0.570. The van der Waals surface area contributed by atoms with Crippen molar-refractivity contribution in [3.63, 3.8) is 0 Å². The van der Waals surface area contributed by atoms with Gasteiger partial charge in [0.2, 0.25) is 5.91 Å². The summed E-state index contributed by atoms with van der Waals surface area (Å²) in [5.41, 5.74) is 3.99. The molecule has 0 radical (unpaired) electrons. The Kier molecular flexibility index (Phi) is 6.95. The Morgan fingerprint density at radius 1 is 0.857 bits per heavy atom. The number of rotatable bonds is 7. The Labute approximate surface area is 205 Å². The lowest BCUT2D eigenvalue weighted by molar-refractivity contribution is -0.121. The minimum atomic E-state index is -0.135. The molecular weight excluding hydrogens is 440 g/mol. The largest absolute Gasteiger partial charge is 0.482 e. The van der Waals surface area contributed by atoms with Crippen LogP contribution in [0.1, 0.15) is 12.0 Å². The smallest absolute Gasteiger partial charge is 0.265 e. The normalized spacial score (nSPS) is 15.9. The summed E-state index contributed by atoms with van der Waals surface area (Å²) in [5.74, 6) is 0.415. The summed E-state index contributed by atoms with van der Waals surface area (Å²) in [6.45, 7) is 5.31. The van der Waals surface area contributed by atoms with Crippen molar-refractivity contribution >= 4 is 28.9 Å². The molecule has 0 atom stereocenters. The van der Waals surface area contributed by atoms with Crippen molar-refractivity contribution in [3.05, 3.63) is 84.4 Å². The van der Waals surface area contributed by atoms with Gasteiger partial charge in [-0.05, 0) is 42.0 Å². The van der Waals surface area contributed by atoms with Crippen molar-refractivity contribution in [3.8, 4) is 5.75 Å². The molecule has 3 aromatic rings. The van der Waals surface area contributed by atoms with Crippen molar-refractivity contribution in [1.29, 1.82) is 0 Å². The van der Waals surface area contributed by atoms with Gasteiger partial charge in [0.05, 0.1) is 5.69 Å². The van der Waals surface area contributed by atoms with Crippen molar-refractivity contribution in [2.24, 2.45) is 0 Å². The fraction of sp³-hybridized carbons (Fsp3) is 0.286. The maximum Gasteiger partial charge on any atom is 0.265 e. The van der Waals surface area contributed by atoms with E-state index in [-0.39, 0.29) is 24.8 Å².